The minimum absolute atomic E-state index is 0.0382. The Morgan fingerprint density at radius 3 is 2.39 bits per heavy atom. The van der Waals surface area contributed by atoms with Crippen LogP contribution in [0, 0.1) is 24.2 Å². The first kappa shape index (κ1) is 21.8. The largest absolute Gasteiger partial charge is 0.341 e. The molecule has 0 aromatic heterocycles. The van der Waals surface area contributed by atoms with Crippen LogP contribution in [0.2, 0.25) is 0 Å². The maximum Gasteiger partial charge on any atom is 0.254 e. The van der Waals surface area contributed by atoms with Gasteiger partial charge in [-0.25, -0.2) is 0 Å². The number of carbonyl (C=O) groups excluding carboxylic acids is 3. The van der Waals surface area contributed by atoms with E-state index in [2.05, 4.69) is 29.2 Å². The normalized spacial score (nSPS) is 25.5. The summed E-state index contributed by atoms with van der Waals surface area (Å²) in [5.74, 6) is 0.759. The summed E-state index contributed by atoms with van der Waals surface area (Å²) in [6.45, 7) is 7.12. The Kier molecular flexibility index (Phi) is 5.81. The van der Waals surface area contributed by atoms with Gasteiger partial charge < -0.3 is 20.0 Å². The number of benzene rings is 1. The first-order chi connectivity index (χ1) is 14.7. The minimum Gasteiger partial charge on any atom is -0.341 e. The molecule has 7 nitrogen and oxygen atoms in total. The van der Waals surface area contributed by atoms with E-state index in [1.54, 1.807) is 6.07 Å². The Bertz CT molecular complexity index is 895. The molecule has 0 unspecified atom stereocenters. The summed E-state index contributed by atoms with van der Waals surface area (Å²) in [4.78, 5) is 43.8. The number of aryl methyl sites for hydroxylation is 1. The van der Waals surface area contributed by atoms with E-state index >= 15 is 0 Å². The van der Waals surface area contributed by atoms with Crippen LogP contribution in [-0.2, 0) is 9.59 Å². The Labute approximate surface area is 184 Å². The molecule has 1 aliphatic carbocycles. The van der Waals surface area contributed by atoms with E-state index in [1.807, 2.05) is 24.0 Å². The second kappa shape index (κ2) is 8.26. The molecule has 3 amide bonds. The SMILES string of the molecule is CC(=O)Nc1ccc(C(=O)N2C[C@H]3CN(C(=O)C4CCC4)C[C@@]3(CN(C)C)C2)c(C)c1. The van der Waals surface area contributed by atoms with Gasteiger partial charge in [-0.3, -0.25) is 14.4 Å². The van der Waals surface area contributed by atoms with Gasteiger partial charge in [0.1, 0.15) is 0 Å². The summed E-state index contributed by atoms with van der Waals surface area (Å²) >= 11 is 0. The van der Waals surface area contributed by atoms with Gasteiger partial charge in [0.15, 0.2) is 0 Å². The molecule has 2 saturated heterocycles. The topological polar surface area (TPSA) is 73.0 Å². The molecule has 31 heavy (non-hydrogen) atoms. The van der Waals surface area contributed by atoms with E-state index in [0.29, 0.717) is 36.2 Å². The molecule has 7 heteroatoms. The van der Waals surface area contributed by atoms with E-state index in [0.717, 1.165) is 38.0 Å². The van der Waals surface area contributed by atoms with Gasteiger partial charge >= 0.3 is 0 Å². The molecule has 0 radical (unpaired) electrons. The lowest BCUT2D eigenvalue weighted by atomic mass is 9.80. The van der Waals surface area contributed by atoms with Crippen molar-refractivity contribution in [1.82, 2.24) is 14.7 Å². The maximum absolute atomic E-state index is 13.4. The number of hydrogen-bond donors (Lipinski definition) is 1. The number of amides is 3. The summed E-state index contributed by atoms with van der Waals surface area (Å²) in [5.41, 5.74) is 2.17. The Morgan fingerprint density at radius 2 is 1.81 bits per heavy atom. The van der Waals surface area contributed by atoms with Crippen molar-refractivity contribution >= 4 is 23.4 Å². The van der Waals surface area contributed by atoms with Gasteiger partial charge in [0.2, 0.25) is 11.8 Å². The molecule has 2 atom stereocenters. The van der Waals surface area contributed by atoms with Crippen LogP contribution in [0.5, 0.6) is 0 Å². The van der Waals surface area contributed by atoms with E-state index in [4.69, 9.17) is 0 Å². The third kappa shape index (κ3) is 4.20. The fraction of sp³-hybridized carbons (Fsp3) is 0.625. The molecule has 4 rings (SSSR count). The van der Waals surface area contributed by atoms with Crippen LogP contribution < -0.4 is 5.32 Å². The first-order valence-corrected chi connectivity index (χ1v) is 11.3. The molecule has 3 fully saturated rings. The van der Waals surface area contributed by atoms with Crippen LogP contribution >= 0.6 is 0 Å². The van der Waals surface area contributed by atoms with Gasteiger partial charge in [0.25, 0.3) is 5.91 Å². The van der Waals surface area contributed by atoms with Crippen LogP contribution in [0.3, 0.4) is 0 Å². The van der Waals surface area contributed by atoms with Crippen LogP contribution in [0.15, 0.2) is 18.2 Å². The highest BCUT2D eigenvalue weighted by Crippen LogP contribution is 2.44. The molecule has 2 aliphatic heterocycles. The van der Waals surface area contributed by atoms with Crippen molar-refractivity contribution in [3.63, 3.8) is 0 Å². The monoisotopic (exact) mass is 426 g/mol. The van der Waals surface area contributed by atoms with Gasteiger partial charge in [0.05, 0.1) is 0 Å². The van der Waals surface area contributed by atoms with Crippen molar-refractivity contribution < 1.29 is 14.4 Å². The predicted octanol–water partition coefficient (Wildman–Crippen LogP) is 2.22. The average molecular weight is 427 g/mol. The maximum atomic E-state index is 13.4. The molecule has 2 heterocycles. The lowest BCUT2D eigenvalue weighted by Crippen LogP contribution is -2.45. The zero-order valence-corrected chi connectivity index (χ0v) is 19.1. The minimum atomic E-state index is -0.127. The molecule has 0 bridgehead atoms. The second-order valence-corrected chi connectivity index (χ2v) is 10.0. The van der Waals surface area contributed by atoms with Crippen LogP contribution in [0.4, 0.5) is 5.69 Å². The summed E-state index contributed by atoms with van der Waals surface area (Å²) < 4.78 is 0. The number of rotatable bonds is 5. The smallest absolute Gasteiger partial charge is 0.254 e. The molecule has 1 saturated carbocycles. The molecule has 1 aromatic rings. The molecular weight excluding hydrogens is 392 g/mol. The molecule has 1 N–H and O–H groups in total. The highest BCUT2D eigenvalue weighted by molar-refractivity contribution is 5.97. The van der Waals surface area contributed by atoms with Gasteiger partial charge in [-0.05, 0) is 57.6 Å². The summed E-state index contributed by atoms with van der Waals surface area (Å²) in [6, 6.07) is 5.44. The molecule has 1 aromatic carbocycles. The quantitative estimate of drug-likeness (QED) is 0.784. The van der Waals surface area contributed by atoms with Crippen molar-refractivity contribution in [2.45, 2.75) is 33.1 Å². The summed E-state index contributed by atoms with van der Waals surface area (Å²) in [5, 5.41) is 2.77. The Hall–Kier alpha value is -2.41. The molecule has 0 spiro atoms. The van der Waals surface area contributed by atoms with E-state index in [9.17, 15) is 14.4 Å². The number of nitrogens with zero attached hydrogens (tertiary/aromatic N) is 3. The second-order valence-electron chi connectivity index (χ2n) is 10.0. The zero-order chi connectivity index (χ0) is 22.3. The number of hydrogen-bond acceptors (Lipinski definition) is 4. The number of anilines is 1. The fourth-order valence-electron chi connectivity index (χ4n) is 5.62. The number of likely N-dealkylation sites (tertiary alicyclic amines) is 2. The lowest BCUT2D eigenvalue weighted by molar-refractivity contribution is -0.137. The highest BCUT2D eigenvalue weighted by Gasteiger charge is 2.55. The lowest BCUT2D eigenvalue weighted by Gasteiger charge is -2.34. The van der Waals surface area contributed by atoms with E-state index in [1.165, 1.54) is 13.3 Å². The van der Waals surface area contributed by atoms with Crippen molar-refractivity contribution in [3.8, 4) is 0 Å². The third-order valence-electron chi connectivity index (χ3n) is 7.22. The highest BCUT2D eigenvalue weighted by atomic mass is 16.2. The van der Waals surface area contributed by atoms with Crippen LogP contribution in [-0.4, -0.2) is 79.2 Å². The third-order valence-corrected chi connectivity index (χ3v) is 7.22. The summed E-state index contributed by atoms with van der Waals surface area (Å²) in [7, 11) is 4.13. The van der Waals surface area contributed by atoms with Crippen LogP contribution in [0.25, 0.3) is 0 Å². The average Bonchev–Trinajstić information content (AvgIpc) is 3.12. The number of fused-ring (bicyclic) bond motifs is 1. The van der Waals surface area contributed by atoms with Gasteiger partial charge in [-0.15, -0.1) is 0 Å². The number of nitrogens with one attached hydrogen (secondary N) is 1. The first-order valence-electron chi connectivity index (χ1n) is 11.3. The Morgan fingerprint density at radius 1 is 1.13 bits per heavy atom. The van der Waals surface area contributed by atoms with Crippen molar-refractivity contribution in [1.29, 1.82) is 0 Å². The van der Waals surface area contributed by atoms with E-state index < -0.39 is 0 Å². The molecule has 168 valence electrons. The van der Waals surface area contributed by atoms with Gasteiger partial charge in [-0.2, -0.15) is 0 Å². The van der Waals surface area contributed by atoms with Crippen LogP contribution in [0.1, 0.15) is 42.1 Å². The standard InChI is InChI=1S/C24H34N4O3/c1-16-10-20(25-17(2)29)8-9-21(16)23(31)28-12-19-11-27(22(30)18-6-5-7-18)14-24(19,15-28)13-26(3)4/h8-10,18-19H,5-7,11-15H2,1-4H3,(H,25,29)/t19-,24+/m1/s1. The van der Waals surface area contributed by atoms with Gasteiger partial charge in [0, 0.05) is 68.1 Å². The molecule has 3 aliphatic rings. The van der Waals surface area contributed by atoms with Gasteiger partial charge in [-0.1, -0.05) is 6.42 Å². The summed E-state index contributed by atoms with van der Waals surface area (Å²) in [6.07, 6.45) is 3.22. The predicted molar refractivity (Wildman–Crippen MR) is 120 cm³/mol. The Balaban J connectivity index is 1.50. The van der Waals surface area contributed by atoms with E-state index in [-0.39, 0.29) is 23.1 Å². The number of carbonyl (C=O) groups is 3. The molecular formula is C24H34N4O3. The van der Waals surface area contributed by atoms with Crippen molar-refractivity contribution in [2.24, 2.45) is 17.3 Å². The van der Waals surface area contributed by atoms with Crippen molar-refractivity contribution in [2.75, 3.05) is 52.1 Å². The fourth-order valence-corrected chi connectivity index (χ4v) is 5.62. The van der Waals surface area contributed by atoms with Crippen molar-refractivity contribution in [3.05, 3.63) is 29.3 Å². The zero-order valence-electron chi connectivity index (χ0n) is 19.1.